The average Bonchev–Trinajstić information content (AvgIpc) is 2.61. The van der Waals surface area contributed by atoms with Gasteiger partial charge in [-0.25, -0.2) is 0 Å². The maximum Gasteiger partial charge on any atom is 0.274 e. The van der Waals surface area contributed by atoms with Crippen molar-refractivity contribution < 1.29 is 4.79 Å². The molecule has 5 heteroatoms. The van der Waals surface area contributed by atoms with E-state index in [0.29, 0.717) is 12.1 Å². The van der Waals surface area contributed by atoms with Crippen molar-refractivity contribution in [2.75, 3.05) is 5.32 Å². The lowest BCUT2D eigenvalue weighted by molar-refractivity contribution is 0.102. The van der Waals surface area contributed by atoms with Crippen LogP contribution in [0.15, 0.2) is 71.9 Å². The highest BCUT2D eigenvalue weighted by Gasteiger charge is 2.10. The van der Waals surface area contributed by atoms with E-state index < -0.39 is 0 Å². The Bertz CT molecular complexity index is 900. The number of rotatable bonds is 4. The maximum absolute atomic E-state index is 12.5. The predicted octanol–water partition coefficient (Wildman–Crippen LogP) is 2.85. The summed E-state index contributed by atoms with van der Waals surface area (Å²) >= 11 is 0. The summed E-state index contributed by atoms with van der Waals surface area (Å²) in [6.45, 7) is 2.47. The lowest BCUT2D eigenvalue weighted by Crippen LogP contribution is -2.25. The molecule has 2 aromatic heterocycles. The molecule has 2 heterocycles. The van der Waals surface area contributed by atoms with Gasteiger partial charge in [-0.1, -0.05) is 29.8 Å². The van der Waals surface area contributed by atoms with Gasteiger partial charge in [0, 0.05) is 18.6 Å². The minimum atomic E-state index is -0.353. The number of aromatic nitrogens is 2. The number of nitrogens with zero attached hydrogens (tertiary/aromatic N) is 2. The zero-order valence-electron chi connectivity index (χ0n) is 13.3. The molecule has 0 bridgehead atoms. The number of amides is 1. The molecule has 3 rings (SSSR count). The van der Waals surface area contributed by atoms with Gasteiger partial charge in [0.2, 0.25) is 0 Å². The fraction of sp³-hybridized carbons (Fsp3) is 0.105. The fourth-order valence-corrected chi connectivity index (χ4v) is 2.34. The molecule has 0 saturated carbocycles. The average molecular weight is 319 g/mol. The highest BCUT2D eigenvalue weighted by Crippen LogP contribution is 2.07. The van der Waals surface area contributed by atoms with Crippen molar-refractivity contribution in [2.24, 2.45) is 0 Å². The first kappa shape index (κ1) is 15.7. The zero-order valence-corrected chi connectivity index (χ0v) is 13.3. The zero-order chi connectivity index (χ0) is 16.9. The van der Waals surface area contributed by atoms with Crippen LogP contribution < -0.4 is 10.9 Å². The van der Waals surface area contributed by atoms with Gasteiger partial charge >= 0.3 is 0 Å². The molecule has 0 saturated heterocycles. The van der Waals surface area contributed by atoms with Crippen LogP contribution in [0.1, 0.15) is 21.5 Å². The summed E-state index contributed by atoms with van der Waals surface area (Å²) < 4.78 is 1.57. The van der Waals surface area contributed by atoms with Crippen LogP contribution in [-0.2, 0) is 6.54 Å². The molecule has 0 unspecified atom stereocenters. The molecule has 120 valence electrons. The van der Waals surface area contributed by atoms with Gasteiger partial charge in [0.1, 0.15) is 5.69 Å². The minimum absolute atomic E-state index is 0.240. The highest BCUT2D eigenvalue weighted by atomic mass is 16.2. The number of nitrogens with one attached hydrogen (secondary N) is 1. The molecule has 1 aromatic carbocycles. The summed E-state index contributed by atoms with van der Waals surface area (Å²) in [5.41, 5.74) is 2.61. The van der Waals surface area contributed by atoms with Crippen molar-refractivity contribution in [3.8, 4) is 0 Å². The standard InChI is InChI=1S/C19H17N3O2/c1-14-6-8-15(9-7-14)13-22-11-3-5-17(19(22)24)21-18(23)16-4-2-10-20-12-16/h2-12H,13H2,1H3,(H,21,23). The van der Waals surface area contributed by atoms with Crippen LogP contribution in [0.3, 0.4) is 0 Å². The molecule has 0 atom stereocenters. The van der Waals surface area contributed by atoms with E-state index in [0.717, 1.165) is 5.56 Å². The second-order valence-corrected chi connectivity index (χ2v) is 5.54. The van der Waals surface area contributed by atoms with Gasteiger partial charge in [0.15, 0.2) is 0 Å². The first-order valence-electron chi connectivity index (χ1n) is 7.60. The Hall–Kier alpha value is -3.21. The first-order chi connectivity index (χ1) is 11.6. The highest BCUT2D eigenvalue weighted by molar-refractivity contribution is 6.03. The Morgan fingerprint density at radius 3 is 2.62 bits per heavy atom. The molecule has 0 fully saturated rings. The third-order valence-corrected chi connectivity index (χ3v) is 3.67. The normalized spacial score (nSPS) is 10.4. The van der Waals surface area contributed by atoms with Crippen molar-refractivity contribution in [1.29, 1.82) is 0 Å². The van der Waals surface area contributed by atoms with E-state index in [9.17, 15) is 9.59 Å². The molecule has 0 aliphatic carbocycles. The lowest BCUT2D eigenvalue weighted by Gasteiger charge is -2.09. The van der Waals surface area contributed by atoms with Crippen LogP contribution in [-0.4, -0.2) is 15.5 Å². The molecular formula is C19H17N3O2. The van der Waals surface area contributed by atoms with Crippen LogP contribution in [0.2, 0.25) is 0 Å². The summed E-state index contributed by atoms with van der Waals surface area (Å²) in [6, 6.07) is 14.7. The van der Waals surface area contributed by atoms with Gasteiger partial charge in [0.25, 0.3) is 11.5 Å². The monoisotopic (exact) mass is 319 g/mol. The van der Waals surface area contributed by atoms with Crippen molar-refractivity contribution in [3.63, 3.8) is 0 Å². The predicted molar refractivity (Wildman–Crippen MR) is 93.2 cm³/mol. The van der Waals surface area contributed by atoms with Gasteiger partial charge < -0.3 is 9.88 Å². The smallest absolute Gasteiger partial charge is 0.274 e. The van der Waals surface area contributed by atoms with E-state index in [2.05, 4.69) is 10.3 Å². The minimum Gasteiger partial charge on any atom is -0.317 e. The molecule has 3 aromatic rings. The number of anilines is 1. The van der Waals surface area contributed by atoms with Crippen molar-refractivity contribution in [1.82, 2.24) is 9.55 Å². The molecule has 0 aliphatic rings. The van der Waals surface area contributed by atoms with E-state index in [1.165, 1.54) is 11.8 Å². The van der Waals surface area contributed by atoms with Gasteiger partial charge in [-0.05, 0) is 36.8 Å². The number of hydrogen-bond donors (Lipinski definition) is 1. The van der Waals surface area contributed by atoms with E-state index in [4.69, 9.17) is 0 Å². The van der Waals surface area contributed by atoms with E-state index >= 15 is 0 Å². The van der Waals surface area contributed by atoms with Crippen LogP contribution >= 0.6 is 0 Å². The second-order valence-electron chi connectivity index (χ2n) is 5.54. The molecular weight excluding hydrogens is 302 g/mol. The quantitative estimate of drug-likeness (QED) is 0.804. The van der Waals surface area contributed by atoms with Crippen LogP contribution in [0.25, 0.3) is 0 Å². The van der Waals surface area contributed by atoms with E-state index in [1.807, 2.05) is 31.2 Å². The Labute approximate surface area is 139 Å². The summed E-state index contributed by atoms with van der Waals surface area (Å²) in [6.07, 6.45) is 4.76. The molecule has 0 radical (unpaired) electrons. The first-order valence-corrected chi connectivity index (χ1v) is 7.60. The van der Waals surface area contributed by atoms with Crippen molar-refractivity contribution in [3.05, 3.63) is 94.2 Å². The fourth-order valence-electron chi connectivity index (χ4n) is 2.34. The van der Waals surface area contributed by atoms with Crippen LogP contribution in [0.4, 0.5) is 5.69 Å². The molecule has 0 spiro atoms. The number of benzene rings is 1. The third kappa shape index (κ3) is 3.57. The maximum atomic E-state index is 12.5. The molecule has 5 nitrogen and oxygen atoms in total. The van der Waals surface area contributed by atoms with Crippen LogP contribution in [0, 0.1) is 6.92 Å². The van der Waals surface area contributed by atoms with Gasteiger partial charge in [0.05, 0.1) is 12.1 Å². The molecule has 1 N–H and O–H groups in total. The van der Waals surface area contributed by atoms with Crippen molar-refractivity contribution in [2.45, 2.75) is 13.5 Å². The van der Waals surface area contributed by atoms with Gasteiger partial charge in [-0.3, -0.25) is 14.6 Å². The topological polar surface area (TPSA) is 64.0 Å². The largest absolute Gasteiger partial charge is 0.317 e. The summed E-state index contributed by atoms with van der Waals surface area (Å²) in [4.78, 5) is 28.6. The van der Waals surface area contributed by atoms with Crippen LogP contribution in [0.5, 0.6) is 0 Å². The number of carbonyl (C=O) groups is 1. The summed E-state index contributed by atoms with van der Waals surface area (Å²) in [5, 5.41) is 2.65. The Morgan fingerprint density at radius 1 is 1.12 bits per heavy atom. The van der Waals surface area contributed by atoms with Gasteiger partial charge in [-0.2, -0.15) is 0 Å². The Morgan fingerprint density at radius 2 is 1.92 bits per heavy atom. The number of aryl methyl sites for hydroxylation is 1. The SMILES string of the molecule is Cc1ccc(Cn2cccc(NC(=O)c3cccnc3)c2=O)cc1. The Kier molecular flexibility index (Phi) is 4.52. The number of carbonyl (C=O) groups excluding carboxylic acids is 1. The molecule has 0 aliphatic heterocycles. The summed E-state index contributed by atoms with van der Waals surface area (Å²) in [7, 11) is 0. The van der Waals surface area contributed by atoms with E-state index in [1.54, 1.807) is 41.2 Å². The molecule has 1 amide bonds. The van der Waals surface area contributed by atoms with Crippen molar-refractivity contribution >= 4 is 11.6 Å². The second kappa shape index (κ2) is 6.91. The Balaban J connectivity index is 1.82. The number of hydrogen-bond acceptors (Lipinski definition) is 3. The number of pyridine rings is 2. The summed E-state index contributed by atoms with van der Waals surface area (Å²) in [5.74, 6) is -0.353. The van der Waals surface area contributed by atoms with Gasteiger partial charge in [-0.15, -0.1) is 0 Å². The lowest BCUT2D eigenvalue weighted by atomic mass is 10.1. The van der Waals surface area contributed by atoms with E-state index in [-0.39, 0.29) is 17.2 Å². The third-order valence-electron chi connectivity index (χ3n) is 3.67. The molecule has 24 heavy (non-hydrogen) atoms.